The molecule has 0 bridgehead atoms. The zero-order valence-corrected chi connectivity index (χ0v) is 12.8. The van der Waals surface area contributed by atoms with E-state index < -0.39 is 9.84 Å². The molecule has 0 spiro atoms. The predicted octanol–water partition coefficient (Wildman–Crippen LogP) is 0.883. The molecule has 3 rings (SSSR count). The van der Waals surface area contributed by atoms with Crippen molar-refractivity contribution in [3.63, 3.8) is 0 Å². The van der Waals surface area contributed by atoms with Gasteiger partial charge in [0.1, 0.15) is 12.4 Å². The molecule has 2 heterocycles. The Balaban J connectivity index is 1.69. The lowest BCUT2D eigenvalue weighted by atomic mass is 9.95. The number of nitrogens with zero attached hydrogens (tertiary/aromatic N) is 1. The van der Waals surface area contributed by atoms with Gasteiger partial charge in [-0.3, -0.25) is 4.79 Å². The molecule has 0 N–H and O–H groups in total. The SMILES string of the molecule is CN(C(=O)[C@H]1COc2ccccc2C1)[C@H]1CCS(=O)(=O)C1. The number of hydrogen-bond donors (Lipinski definition) is 0. The van der Waals surface area contributed by atoms with Crippen LogP contribution in [0.2, 0.25) is 0 Å². The third-order valence-corrected chi connectivity index (χ3v) is 6.08. The Morgan fingerprint density at radius 2 is 2.10 bits per heavy atom. The molecule has 1 fully saturated rings. The number of fused-ring (bicyclic) bond motifs is 1. The molecule has 0 radical (unpaired) electrons. The Morgan fingerprint density at radius 1 is 1.33 bits per heavy atom. The highest BCUT2D eigenvalue weighted by molar-refractivity contribution is 7.91. The molecule has 2 atom stereocenters. The van der Waals surface area contributed by atoms with E-state index in [9.17, 15) is 13.2 Å². The molecule has 2 aliphatic heterocycles. The Bertz CT molecular complexity index is 655. The number of carbonyl (C=O) groups excluding carboxylic acids is 1. The van der Waals surface area contributed by atoms with Gasteiger partial charge in [0.05, 0.1) is 17.4 Å². The Labute approximate surface area is 124 Å². The summed E-state index contributed by atoms with van der Waals surface area (Å²) >= 11 is 0. The molecular weight excluding hydrogens is 290 g/mol. The molecule has 6 heteroatoms. The van der Waals surface area contributed by atoms with Crippen LogP contribution in [-0.2, 0) is 21.1 Å². The molecule has 21 heavy (non-hydrogen) atoms. The monoisotopic (exact) mass is 309 g/mol. The molecule has 0 unspecified atom stereocenters. The number of rotatable bonds is 2. The fraction of sp³-hybridized carbons (Fsp3) is 0.533. The average molecular weight is 309 g/mol. The second-order valence-corrected chi connectivity index (χ2v) is 8.05. The number of carbonyl (C=O) groups is 1. The highest BCUT2D eigenvalue weighted by Gasteiger charge is 2.36. The van der Waals surface area contributed by atoms with Gasteiger partial charge in [-0.15, -0.1) is 0 Å². The van der Waals surface area contributed by atoms with Crippen molar-refractivity contribution >= 4 is 15.7 Å². The first-order valence-corrected chi connectivity index (χ1v) is 8.96. The summed E-state index contributed by atoms with van der Waals surface area (Å²) < 4.78 is 28.7. The van der Waals surface area contributed by atoms with E-state index in [4.69, 9.17) is 4.74 Å². The normalized spacial score (nSPS) is 26.7. The summed E-state index contributed by atoms with van der Waals surface area (Å²) in [6.45, 7) is 0.361. The fourth-order valence-electron chi connectivity index (χ4n) is 3.04. The van der Waals surface area contributed by atoms with Crippen LogP contribution in [-0.4, -0.2) is 50.4 Å². The molecule has 0 aromatic heterocycles. The molecular formula is C15H19NO4S. The van der Waals surface area contributed by atoms with Gasteiger partial charge >= 0.3 is 0 Å². The van der Waals surface area contributed by atoms with Gasteiger partial charge in [-0.1, -0.05) is 18.2 Å². The van der Waals surface area contributed by atoms with Crippen molar-refractivity contribution in [3.8, 4) is 5.75 Å². The van der Waals surface area contributed by atoms with Crippen molar-refractivity contribution in [1.29, 1.82) is 0 Å². The van der Waals surface area contributed by atoms with Crippen LogP contribution in [0.3, 0.4) is 0 Å². The summed E-state index contributed by atoms with van der Waals surface area (Å²) in [6.07, 6.45) is 1.19. The van der Waals surface area contributed by atoms with Crippen molar-refractivity contribution in [2.24, 2.45) is 5.92 Å². The van der Waals surface area contributed by atoms with Gasteiger partial charge in [0.25, 0.3) is 0 Å². The van der Waals surface area contributed by atoms with E-state index in [1.54, 1.807) is 11.9 Å². The molecule has 1 aromatic rings. The maximum absolute atomic E-state index is 12.6. The predicted molar refractivity (Wildman–Crippen MR) is 79.0 cm³/mol. The van der Waals surface area contributed by atoms with E-state index >= 15 is 0 Å². The number of benzene rings is 1. The van der Waals surface area contributed by atoms with Gasteiger partial charge in [-0.2, -0.15) is 0 Å². The maximum Gasteiger partial charge on any atom is 0.229 e. The van der Waals surface area contributed by atoms with Crippen LogP contribution >= 0.6 is 0 Å². The van der Waals surface area contributed by atoms with Crippen LogP contribution in [0.25, 0.3) is 0 Å². The van der Waals surface area contributed by atoms with Gasteiger partial charge in [-0.05, 0) is 24.5 Å². The summed E-state index contributed by atoms with van der Waals surface area (Å²) in [5, 5.41) is 0. The Kier molecular flexibility index (Phi) is 3.65. The van der Waals surface area contributed by atoms with Gasteiger partial charge in [0.2, 0.25) is 5.91 Å². The number of ether oxygens (including phenoxy) is 1. The molecule has 1 aromatic carbocycles. The van der Waals surface area contributed by atoms with Crippen molar-refractivity contribution in [3.05, 3.63) is 29.8 Å². The molecule has 114 valence electrons. The minimum atomic E-state index is -2.98. The molecule has 2 aliphatic rings. The van der Waals surface area contributed by atoms with E-state index in [0.717, 1.165) is 11.3 Å². The summed E-state index contributed by atoms with van der Waals surface area (Å²) in [6, 6.07) is 7.52. The third-order valence-electron chi connectivity index (χ3n) is 4.33. The Hall–Kier alpha value is -1.56. The first kappa shape index (κ1) is 14.4. The standard InChI is InChI=1S/C15H19NO4S/c1-16(13-6-7-21(18,19)10-13)15(17)12-8-11-4-2-3-5-14(11)20-9-12/h2-5,12-13H,6-10H2,1H3/t12-,13+/m1/s1. The smallest absolute Gasteiger partial charge is 0.229 e. The maximum atomic E-state index is 12.6. The summed E-state index contributed by atoms with van der Waals surface area (Å²) in [7, 11) is -1.28. The Morgan fingerprint density at radius 3 is 2.81 bits per heavy atom. The lowest BCUT2D eigenvalue weighted by Crippen LogP contribution is -2.44. The molecule has 1 saturated heterocycles. The van der Waals surface area contributed by atoms with Crippen molar-refractivity contribution in [2.75, 3.05) is 25.2 Å². The summed E-state index contributed by atoms with van der Waals surface area (Å²) in [5.74, 6) is 0.853. The topological polar surface area (TPSA) is 63.7 Å². The van der Waals surface area contributed by atoms with Crippen LogP contribution in [0.5, 0.6) is 5.75 Å². The number of sulfone groups is 1. The van der Waals surface area contributed by atoms with Gasteiger partial charge in [0.15, 0.2) is 9.84 Å². The lowest BCUT2D eigenvalue weighted by Gasteiger charge is -2.31. The third kappa shape index (κ3) is 2.90. The summed E-state index contributed by atoms with van der Waals surface area (Å²) in [4.78, 5) is 14.2. The lowest BCUT2D eigenvalue weighted by molar-refractivity contribution is -0.137. The van der Waals surface area contributed by atoms with Crippen LogP contribution in [0, 0.1) is 5.92 Å². The zero-order chi connectivity index (χ0) is 15.0. The number of para-hydroxylation sites is 1. The highest BCUT2D eigenvalue weighted by Crippen LogP contribution is 2.28. The molecule has 0 aliphatic carbocycles. The summed E-state index contributed by atoms with van der Waals surface area (Å²) in [5.41, 5.74) is 1.04. The van der Waals surface area contributed by atoms with Crippen molar-refractivity contribution in [2.45, 2.75) is 18.9 Å². The largest absolute Gasteiger partial charge is 0.492 e. The van der Waals surface area contributed by atoms with E-state index in [2.05, 4.69) is 0 Å². The first-order chi connectivity index (χ1) is 9.96. The van der Waals surface area contributed by atoms with E-state index in [0.29, 0.717) is 19.4 Å². The second-order valence-electron chi connectivity index (χ2n) is 5.83. The minimum Gasteiger partial charge on any atom is -0.492 e. The average Bonchev–Trinajstić information content (AvgIpc) is 2.85. The van der Waals surface area contributed by atoms with E-state index in [1.165, 1.54) is 0 Å². The second kappa shape index (κ2) is 5.33. The van der Waals surface area contributed by atoms with E-state index in [1.807, 2.05) is 24.3 Å². The molecule has 1 amide bonds. The van der Waals surface area contributed by atoms with Crippen LogP contribution < -0.4 is 4.74 Å². The van der Waals surface area contributed by atoms with Crippen molar-refractivity contribution in [1.82, 2.24) is 4.90 Å². The molecule has 5 nitrogen and oxygen atoms in total. The van der Waals surface area contributed by atoms with Crippen LogP contribution in [0.15, 0.2) is 24.3 Å². The number of hydrogen-bond acceptors (Lipinski definition) is 4. The minimum absolute atomic E-state index is 0.0217. The van der Waals surface area contributed by atoms with Gasteiger partial charge in [0, 0.05) is 13.1 Å². The van der Waals surface area contributed by atoms with Crippen LogP contribution in [0.4, 0.5) is 0 Å². The molecule has 0 saturated carbocycles. The van der Waals surface area contributed by atoms with Gasteiger partial charge in [-0.25, -0.2) is 8.42 Å². The zero-order valence-electron chi connectivity index (χ0n) is 12.0. The first-order valence-electron chi connectivity index (χ1n) is 7.14. The quantitative estimate of drug-likeness (QED) is 0.814. The van der Waals surface area contributed by atoms with Crippen molar-refractivity contribution < 1.29 is 17.9 Å². The van der Waals surface area contributed by atoms with Crippen LogP contribution in [0.1, 0.15) is 12.0 Å². The number of amides is 1. The van der Waals surface area contributed by atoms with Gasteiger partial charge < -0.3 is 9.64 Å². The highest BCUT2D eigenvalue weighted by atomic mass is 32.2. The fourth-order valence-corrected chi connectivity index (χ4v) is 4.81. The van der Waals surface area contributed by atoms with E-state index in [-0.39, 0.29) is 29.4 Å².